The third-order valence-corrected chi connectivity index (χ3v) is 1.52. The summed E-state index contributed by atoms with van der Waals surface area (Å²) in [6, 6.07) is 1.85. The summed E-state index contributed by atoms with van der Waals surface area (Å²) in [4.78, 5) is 7.41. The van der Waals surface area contributed by atoms with Crippen LogP contribution in [-0.4, -0.2) is 9.97 Å². The first-order valence-corrected chi connectivity index (χ1v) is 3.64. The van der Waals surface area contributed by atoms with Crippen molar-refractivity contribution in [1.82, 2.24) is 9.97 Å². The topological polar surface area (TPSA) is 49.6 Å². The molecular formula is C8H8FN3. The zero-order chi connectivity index (χ0) is 8.97. The summed E-state index contributed by atoms with van der Waals surface area (Å²) in [7, 11) is 0. The van der Waals surface area contributed by atoms with E-state index in [1.807, 2.05) is 13.0 Å². The Morgan fingerprint density at radius 1 is 1.50 bits per heavy atom. The molecular weight excluding hydrogens is 157 g/mol. The van der Waals surface area contributed by atoms with Crippen molar-refractivity contribution in [2.24, 2.45) is 0 Å². The number of halogens is 1. The normalized spacial score (nSPS) is 9.42. The van der Waals surface area contributed by atoms with Crippen LogP contribution in [0.15, 0.2) is 6.33 Å². The van der Waals surface area contributed by atoms with Crippen molar-refractivity contribution in [3.8, 4) is 6.07 Å². The van der Waals surface area contributed by atoms with Crippen molar-refractivity contribution in [3.63, 3.8) is 0 Å². The molecule has 0 atom stereocenters. The number of hydrogen-bond donors (Lipinski definition) is 0. The van der Waals surface area contributed by atoms with E-state index in [1.165, 1.54) is 6.33 Å². The SMILES string of the molecule is CCc1ncnc(CC#N)c1F. The average Bonchev–Trinajstić information content (AvgIpc) is 2.09. The van der Waals surface area contributed by atoms with Gasteiger partial charge in [-0.15, -0.1) is 0 Å². The maximum Gasteiger partial charge on any atom is 0.167 e. The van der Waals surface area contributed by atoms with Crippen LogP contribution in [0.25, 0.3) is 0 Å². The van der Waals surface area contributed by atoms with E-state index in [1.54, 1.807) is 0 Å². The van der Waals surface area contributed by atoms with Crippen LogP contribution in [0.1, 0.15) is 18.3 Å². The number of aryl methyl sites for hydroxylation is 1. The molecule has 1 aromatic heterocycles. The van der Waals surface area contributed by atoms with Crippen molar-refractivity contribution in [1.29, 1.82) is 5.26 Å². The predicted octanol–water partition coefficient (Wildman–Crippen LogP) is 1.24. The monoisotopic (exact) mass is 165 g/mol. The first kappa shape index (κ1) is 8.60. The molecule has 0 amide bonds. The summed E-state index contributed by atoms with van der Waals surface area (Å²) in [6.45, 7) is 1.81. The third-order valence-electron chi connectivity index (χ3n) is 1.52. The van der Waals surface area contributed by atoms with Gasteiger partial charge in [0.25, 0.3) is 0 Å². The fourth-order valence-corrected chi connectivity index (χ4v) is 0.893. The zero-order valence-corrected chi connectivity index (χ0v) is 6.71. The molecule has 0 spiro atoms. The molecule has 3 nitrogen and oxygen atoms in total. The van der Waals surface area contributed by atoms with Crippen molar-refractivity contribution in [3.05, 3.63) is 23.5 Å². The van der Waals surface area contributed by atoms with Gasteiger partial charge in [0, 0.05) is 0 Å². The van der Waals surface area contributed by atoms with Crippen LogP contribution in [0.3, 0.4) is 0 Å². The number of rotatable bonds is 2. The average molecular weight is 165 g/mol. The maximum absolute atomic E-state index is 13.2. The molecule has 0 aliphatic carbocycles. The van der Waals surface area contributed by atoms with Gasteiger partial charge in [0.1, 0.15) is 6.33 Å². The fourth-order valence-electron chi connectivity index (χ4n) is 0.893. The molecule has 0 fully saturated rings. The largest absolute Gasteiger partial charge is 0.238 e. The Kier molecular flexibility index (Phi) is 2.70. The number of nitriles is 1. The van der Waals surface area contributed by atoms with E-state index in [0.717, 1.165) is 0 Å². The minimum absolute atomic E-state index is 0.00134. The van der Waals surface area contributed by atoms with Crippen LogP contribution in [0.5, 0.6) is 0 Å². The van der Waals surface area contributed by atoms with Crippen molar-refractivity contribution >= 4 is 0 Å². The molecule has 1 heterocycles. The Morgan fingerprint density at radius 2 is 2.17 bits per heavy atom. The van der Waals surface area contributed by atoms with Gasteiger partial charge in [0.05, 0.1) is 23.9 Å². The molecule has 1 rings (SSSR count). The van der Waals surface area contributed by atoms with Crippen LogP contribution in [0.4, 0.5) is 4.39 Å². The van der Waals surface area contributed by atoms with Crippen molar-refractivity contribution in [2.45, 2.75) is 19.8 Å². The lowest BCUT2D eigenvalue weighted by Crippen LogP contribution is -2.01. The number of nitrogens with zero attached hydrogens (tertiary/aromatic N) is 3. The molecule has 0 unspecified atom stereocenters. The van der Waals surface area contributed by atoms with E-state index in [-0.39, 0.29) is 12.1 Å². The zero-order valence-electron chi connectivity index (χ0n) is 6.71. The lowest BCUT2D eigenvalue weighted by molar-refractivity contribution is 0.577. The molecule has 0 saturated carbocycles. The summed E-state index contributed by atoms with van der Waals surface area (Å²) in [5.74, 6) is -0.443. The summed E-state index contributed by atoms with van der Waals surface area (Å²) in [5.41, 5.74) is 0.555. The van der Waals surface area contributed by atoms with E-state index < -0.39 is 5.82 Å². The minimum atomic E-state index is -0.443. The molecule has 0 saturated heterocycles. The first-order chi connectivity index (χ1) is 5.79. The Bertz CT molecular complexity index is 317. The summed E-state index contributed by atoms with van der Waals surface area (Å²) >= 11 is 0. The van der Waals surface area contributed by atoms with E-state index in [4.69, 9.17) is 5.26 Å². The lowest BCUT2D eigenvalue weighted by atomic mass is 10.2. The second-order valence-electron chi connectivity index (χ2n) is 2.27. The summed E-state index contributed by atoms with van der Waals surface area (Å²) < 4.78 is 13.2. The molecule has 1 aromatic rings. The summed E-state index contributed by atoms with van der Waals surface area (Å²) in [5, 5.41) is 8.33. The van der Waals surface area contributed by atoms with E-state index in [2.05, 4.69) is 9.97 Å². The minimum Gasteiger partial charge on any atom is -0.238 e. The molecule has 0 radical (unpaired) electrons. The predicted molar refractivity (Wildman–Crippen MR) is 40.7 cm³/mol. The van der Waals surface area contributed by atoms with Gasteiger partial charge in [-0.1, -0.05) is 6.92 Å². The van der Waals surface area contributed by atoms with Crippen molar-refractivity contribution in [2.75, 3.05) is 0 Å². The maximum atomic E-state index is 13.2. The molecule has 12 heavy (non-hydrogen) atoms. The van der Waals surface area contributed by atoms with Gasteiger partial charge >= 0.3 is 0 Å². The first-order valence-electron chi connectivity index (χ1n) is 3.64. The van der Waals surface area contributed by atoms with E-state index in [0.29, 0.717) is 12.1 Å². The molecule has 0 N–H and O–H groups in total. The van der Waals surface area contributed by atoms with E-state index >= 15 is 0 Å². The Hall–Kier alpha value is -1.50. The van der Waals surface area contributed by atoms with E-state index in [9.17, 15) is 4.39 Å². The highest BCUT2D eigenvalue weighted by Gasteiger charge is 2.07. The van der Waals surface area contributed by atoms with Gasteiger partial charge < -0.3 is 0 Å². The highest BCUT2D eigenvalue weighted by atomic mass is 19.1. The highest BCUT2D eigenvalue weighted by Crippen LogP contribution is 2.07. The third kappa shape index (κ3) is 1.56. The summed E-state index contributed by atoms with van der Waals surface area (Å²) in [6.07, 6.45) is 1.81. The molecule has 0 aromatic carbocycles. The van der Waals surface area contributed by atoms with Gasteiger partial charge in [0.15, 0.2) is 5.82 Å². The quantitative estimate of drug-likeness (QED) is 0.662. The molecule has 0 bridgehead atoms. The smallest absolute Gasteiger partial charge is 0.167 e. The van der Waals surface area contributed by atoms with Crippen LogP contribution >= 0.6 is 0 Å². The van der Waals surface area contributed by atoms with Gasteiger partial charge in [-0.25, -0.2) is 14.4 Å². The Balaban J connectivity index is 3.07. The van der Waals surface area contributed by atoms with Gasteiger partial charge in [0.2, 0.25) is 0 Å². The number of hydrogen-bond acceptors (Lipinski definition) is 3. The standard InChI is InChI=1S/C8H8FN3/c1-2-6-8(9)7(3-4-10)12-5-11-6/h5H,2-3H2,1H3. The number of aromatic nitrogens is 2. The van der Waals surface area contributed by atoms with Crippen LogP contribution in [-0.2, 0) is 12.8 Å². The van der Waals surface area contributed by atoms with Gasteiger partial charge in [-0.2, -0.15) is 5.26 Å². The van der Waals surface area contributed by atoms with Crippen LogP contribution in [0, 0.1) is 17.1 Å². The Morgan fingerprint density at radius 3 is 2.75 bits per heavy atom. The lowest BCUT2D eigenvalue weighted by Gasteiger charge is -2.00. The highest BCUT2D eigenvalue weighted by molar-refractivity contribution is 5.14. The van der Waals surface area contributed by atoms with Gasteiger partial charge in [-0.05, 0) is 6.42 Å². The Labute approximate surface area is 69.9 Å². The molecule has 62 valence electrons. The second-order valence-corrected chi connectivity index (χ2v) is 2.27. The molecule has 0 aliphatic rings. The fraction of sp³-hybridized carbons (Fsp3) is 0.375. The second kappa shape index (κ2) is 3.77. The van der Waals surface area contributed by atoms with Crippen LogP contribution in [0.2, 0.25) is 0 Å². The van der Waals surface area contributed by atoms with Crippen LogP contribution < -0.4 is 0 Å². The molecule has 4 heteroatoms. The van der Waals surface area contributed by atoms with Gasteiger partial charge in [-0.3, -0.25) is 0 Å². The molecule has 0 aliphatic heterocycles. The van der Waals surface area contributed by atoms with Crippen molar-refractivity contribution < 1.29 is 4.39 Å².